The number of amides is 1. The first-order valence-electron chi connectivity index (χ1n) is 6.80. The van der Waals surface area contributed by atoms with E-state index in [0.717, 1.165) is 18.4 Å². The molecule has 1 amide bonds. The molecule has 5 heteroatoms. The van der Waals surface area contributed by atoms with Crippen molar-refractivity contribution in [3.63, 3.8) is 0 Å². The highest BCUT2D eigenvalue weighted by Gasteiger charge is 2.32. The third-order valence-corrected chi connectivity index (χ3v) is 3.84. The molecule has 0 aliphatic carbocycles. The van der Waals surface area contributed by atoms with Crippen molar-refractivity contribution in [2.75, 3.05) is 13.1 Å². The lowest BCUT2D eigenvalue weighted by Crippen LogP contribution is -2.45. The van der Waals surface area contributed by atoms with Crippen LogP contribution in [0.3, 0.4) is 0 Å². The summed E-state index contributed by atoms with van der Waals surface area (Å²) in [7, 11) is 0. The Labute approximate surface area is 126 Å². The zero-order valence-corrected chi connectivity index (χ0v) is 12.9. The molecule has 0 fully saturated rings. The average molecular weight is 303 g/mol. The van der Waals surface area contributed by atoms with Gasteiger partial charge in [0.2, 0.25) is 5.91 Å². The summed E-state index contributed by atoms with van der Waals surface area (Å²) in [4.78, 5) is 12.2. The zero-order chi connectivity index (χ0) is 14.3. The molecule has 1 aromatic rings. The van der Waals surface area contributed by atoms with Crippen LogP contribution < -0.4 is 11.1 Å². The van der Waals surface area contributed by atoms with E-state index in [0.29, 0.717) is 19.5 Å². The van der Waals surface area contributed by atoms with Gasteiger partial charge in [-0.2, -0.15) is 0 Å². The lowest BCUT2D eigenvalue weighted by Gasteiger charge is -2.28. The zero-order valence-electron chi connectivity index (χ0n) is 12.1. The van der Waals surface area contributed by atoms with Gasteiger partial charge in [-0.3, -0.25) is 4.79 Å². The summed E-state index contributed by atoms with van der Waals surface area (Å²) in [6.07, 6.45) is 2.17. The predicted molar refractivity (Wildman–Crippen MR) is 82.4 cm³/mol. The fraction of sp³-hybridized carbons (Fsp3) is 0.533. The first kappa shape index (κ1) is 18.9. The third-order valence-electron chi connectivity index (χ3n) is 3.84. The molecule has 0 radical (unpaired) electrons. The van der Waals surface area contributed by atoms with Crippen LogP contribution in [-0.4, -0.2) is 19.0 Å². The van der Waals surface area contributed by atoms with E-state index in [2.05, 4.69) is 5.32 Å². The third kappa shape index (κ3) is 4.76. The normalized spacial score (nSPS) is 10.8. The highest BCUT2D eigenvalue weighted by atomic mass is 35.5. The van der Waals surface area contributed by atoms with Gasteiger partial charge in [0, 0.05) is 13.1 Å². The Morgan fingerprint density at radius 1 is 1.25 bits per heavy atom. The van der Waals surface area contributed by atoms with Crippen LogP contribution in [0, 0.1) is 11.2 Å². The Balaban J connectivity index is 0.00000361. The molecule has 0 saturated carbocycles. The van der Waals surface area contributed by atoms with Crippen LogP contribution in [0.15, 0.2) is 24.3 Å². The number of halogens is 2. The Kier molecular flexibility index (Phi) is 8.42. The summed E-state index contributed by atoms with van der Waals surface area (Å²) in [5.74, 6) is -0.228. The van der Waals surface area contributed by atoms with Crippen LogP contribution in [0.4, 0.5) is 4.39 Å². The van der Waals surface area contributed by atoms with Crippen LogP contribution in [0.5, 0.6) is 0 Å². The van der Waals surface area contributed by atoms with E-state index in [1.54, 1.807) is 12.1 Å². The van der Waals surface area contributed by atoms with Crippen LogP contribution in [0.1, 0.15) is 32.3 Å². The van der Waals surface area contributed by atoms with Gasteiger partial charge in [0.1, 0.15) is 5.82 Å². The van der Waals surface area contributed by atoms with E-state index in [1.807, 2.05) is 13.8 Å². The predicted octanol–water partition coefficient (Wildman–Crippen LogP) is 2.67. The smallest absolute Gasteiger partial charge is 0.227 e. The molecule has 0 bridgehead atoms. The van der Waals surface area contributed by atoms with E-state index in [4.69, 9.17) is 5.73 Å². The fourth-order valence-electron chi connectivity index (χ4n) is 2.11. The lowest BCUT2D eigenvalue weighted by molar-refractivity contribution is -0.131. The van der Waals surface area contributed by atoms with Gasteiger partial charge in [-0.1, -0.05) is 26.0 Å². The highest BCUT2D eigenvalue weighted by molar-refractivity contribution is 5.85. The number of nitrogens with two attached hydrogens (primary N) is 1. The molecule has 0 aliphatic heterocycles. The molecule has 1 aromatic carbocycles. The van der Waals surface area contributed by atoms with Crippen LogP contribution >= 0.6 is 12.4 Å². The highest BCUT2D eigenvalue weighted by Crippen LogP contribution is 2.24. The molecule has 0 unspecified atom stereocenters. The van der Waals surface area contributed by atoms with Crippen LogP contribution in [-0.2, 0) is 11.2 Å². The van der Waals surface area contributed by atoms with E-state index >= 15 is 0 Å². The molecule has 0 heterocycles. The molecule has 3 N–H and O–H groups in total. The Morgan fingerprint density at radius 3 is 2.25 bits per heavy atom. The van der Waals surface area contributed by atoms with Gasteiger partial charge in [-0.25, -0.2) is 4.39 Å². The average Bonchev–Trinajstić information content (AvgIpc) is 2.44. The maximum Gasteiger partial charge on any atom is 0.227 e. The molecule has 0 aromatic heterocycles. The van der Waals surface area contributed by atoms with Gasteiger partial charge in [-0.05, 0) is 37.0 Å². The molecule has 114 valence electrons. The number of hydrogen-bond acceptors (Lipinski definition) is 2. The van der Waals surface area contributed by atoms with Gasteiger partial charge >= 0.3 is 0 Å². The quantitative estimate of drug-likeness (QED) is 0.813. The van der Waals surface area contributed by atoms with Gasteiger partial charge in [0.05, 0.1) is 5.41 Å². The second-order valence-electron chi connectivity index (χ2n) is 4.82. The van der Waals surface area contributed by atoms with Crippen molar-refractivity contribution >= 4 is 18.3 Å². The molecular weight excluding hydrogens is 279 g/mol. The molecule has 3 nitrogen and oxygen atoms in total. The SMILES string of the molecule is CCC(CC)(CN)C(=O)NCCc1ccc(F)cc1.Cl. The number of hydrogen-bond donors (Lipinski definition) is 2. The summed E-state index contributed by atoms with van der Waals surface area (Å²) >= 11 is 0. The van der Waals surface area contributed by atoms with Crippen LogP contribution in [0.2, 0.25) is 0 Å². The second kappa shape index (κ2) is 8.93. The molecule has 1 rings (SSSR count). The minimum Gasteiger partial charge on any atom is -0.355 e. The van der Waals surface area contributed by atoms with Gasteiger partial charge in [-0.15, -0.1) is 12.4 Å². The summed E-state index contributed by atoms with van der Waals surface area (Å²) in [5, 5.41) is 2.93. The van der Waals surface area contributed by atoms with Crippen molar-refractivity contribution in [1.29, 1.82) is 0 Å². The standard InChI is InChI=1S/C15H23FN2O.ClH/c1-3-15(4-2,11-17)14(19)18-10-9-12-5-7-13(16)8-6-12;/h5-8H,3-4,9-11,17H2,1-2H3,(H,18,19);1H. The minimum atomic E-state index is -0.456. The molecule has 0 saturated heterocycles. The minimum absolute atomic E-state index is 0. The van der Waals surface area contributed by atoms with Crippen molar-refractivity contribution in [3.05, 3.63) is 35.6 Å². The number of carbonyl (C=O) groups excluding carboxylic acids is 1. The lowest BCUT2D eigenvalue weighted by atomic mass is 9.81. The fourth-order valence-corrected chi connectivity index (χ4v) is 2.11. The van der Waals surface area contributed by atoms with Crippen molar-refractivity contribution < 1.29 is 9.18 Å². The van der Waals surface area contributed by atoms with Crippen molar-refractivity contribution in [1.82, 2.24) is 5.32 Å². The maximum atomic E-state index is 12.7. The topological polar surface area (TPSA) is 55.1 Å². The van der Waals surface area contributed by atoms with E-state index < -0.39 is 5.41 Å². The van der Waals surface area contributed by atoms with Crippen molar-refractivity contribution in [2.45, 2.75) is 33.1 Å². The second-order valence-corrected chi connectivity index (χ2v) is 4.82. The molecule has 0 aliphatic rings. The molecule has 20 heavy (non-hydrogen) atoms. The molecule has 0 atom stereocenters. The van der Waals surface area contributed by atoms with E-state index in [-0.39, 0.29) is 24.1 Å². The van der Waals surface area contributed by atoms with E-state index in [9.17, 15) is 9.18 Å². The Hall–Kier alpha value is -1.13. The Bertz CT molecular complexity index is 397. The summed E-state index contributed by atoms with van der Waals surface area (Å²) in [6, 6.07) is 6.33. The first-order chi connectivity index (χ1) is 9.07. The number of nitrogens with one attached hydrogen (secondary N) is 1. The number of rotatable bonds is 7. The summed E-state index contributed by atoms with van der Waals surface area (Å²) in [6.45, 7) is 4.88. The number of carbonyl (C=O) groups is 1. The molecular formula is C15H24ClFN2O. The number of benzene rings is 1. The largest absolute Gasteiger partial charge is 0.355 e. The maximum absolute atomic E-state index is 12.7. The van der Waals surface area contributed by atoms with Crippen molar-refractivity contribution in [2.24, 2.45) is 11.1 Å². The first-order valence-corrected chi connectivity index (χ1v) is 6.80. The van der Waals surface area contributed by atoms with Gasteiger partial charge in [0.15, 0.2) is 0 Å². The van der Waals surface area contributed by atoms with E-state index in [1.165, 1.54) is 12.1 Å². The summed E-state index contributed by atoms with van der Waals surface area (Å²) in [5.41, 5.74) is 6.28. The molecule has 0 spiro atoms. The van der Waals surface area contributed by atoms with Crippen molar-refractivity contribution in [3.8, 4) is 0 Å². The summed E-state index contributed by atoms with van der Waals surface area (Å²) < 4.78 is 12.7. The Morgan fingerprint density at radius 2 is 1.80 bits per heavy atom. The van der Waals surface area contributed by atoms with Gasteiger partial charge < -0.3 is 11.1 Å². The van der Waals surface area contributed by atoms with Crippen LogP contribution in [0.25, 0.3) is 0 Å². The monoisotopic (exact) mass is 302 g/mol. The van der Waals surface area contributed by atoms with Gasteiger partial charge in [0.25, 0.3) is 0 Å².